The summed E-state index contributed by atoms with van der Waals surface area (Å²) >= 11 is 0. The smallest absolute Gasteiger partial charge is 0.376 e. The maximum absolute atomic E-state index is 13.0. The first-order chi connectivity index (χ1) is 16.2. The molecule has 0 saturated carbocycles. The Morgan fingerprint density at radius 3 is 2.35 bits per heavy atom. The Balaban J connectivity index is 1.58. The Labute approximate surface area is 197 Å². The normalized spacial score (nSPS) is 19.1. The third-order valence-electron chi connectivity index (χ3n) is 5.44. The van der Waals surface area contributed by atoms with Crippen molar-refractivity contribution in [2.45, 2.75) is 37.9 Å². The fraction of sp³-hybridized carbons (Fsp3) is 0.333. The van der Waals surface area contributed by atoms with E-state index in [1.54, 1.807) is 31.2 Å². The zero-order chi connectivity index (χ0) is 24.5. The van der Waals surface area contributed by atoms with Gasteiger partial charge in [0.05, 0.1) is 23.7 Å². The van der Waals surface area contributed by atoms with Gasteiger partial charge in [0.25, 0.3) is 5.91 Å². The highest BCUT2D eigenvalue weighted by Crippen LogP contribution is 2.32. The Morgan fingerprint density at radius 1 is 1.06 bits per heavy atom. The van der Waals surface area contributed by atoms with E-state index in [9.17, 15) is 18.0 Å². The molecule has 0 spiro atoms. The molecule has 180 valence electrons. The van der Waals surface area contributed by atoms with Crippen LogP contribution in [0.1, 0.15) is 41.7 Å². The highest BCUT2D eigenvalue weighted by atomic mass is 32.2. The third-order valence-corrected chi connectivity index (χ3v) is 7.28. The summed E-state index contributed by atoms with van der Waals surface area (Å²) in [6, 6.07) is 12.6. The number of hydrogen-bond acceptors (Lipinski definition) is 7. The molecule has 34 heavy (non-hydrogen) atoms. The van der Waals surface area contributed by atoms with Crippen molar-refractivity contribution in [2.75, 3.05) is 25.0 Å². The van der Waals surface area contributed by atoms with Crippen LogP contribution in [0.4, 0.5) is 5.69 Å². The van der Waals surface area contributed by atoms with Crippen LogP contribution in [-0.2, 0) is 19.5 Å². The number of rotatable bonds is 6. The predicted octanol–water partition coefficient (Wildman–Crippen LogP) is 3.66. The topological polar surface area (TPSA) is 115 Å². The predicted molar refractivity (Wildman–Crippen MR) is 125 cm³/mol. The molecule has 2 aromatic carbocycles. The molecule has 1 saturated heterocycles. The van der Waals surface area contributed by atoms with Gasteiger partial charge in [-0.05, 0) is 57.2 Å². The first-order valence-electron chi connectivity index (χ1n) is 11.0. The second kappa shape index (κ2) is 9.57. The van der Waals surface area contributed by atoms with Crippen molar-refractivity contribution < 1.29 is 31.9 Å². The average molecular weight is 487 g/mol. The van der Waals surface area contributed by atoms with E-state index in [2.05, 4.69) is 5.32 Å². The molecule has 1 fully saturated rings. The van der Waals surface area contributed by atoms with Gasteiger partial charge in [-0.15, -0.1) is 0 Å². The summed E-state index contributed by atoms with van der Waals surface area (Å²) in [6.45, 7) is 6.01. The number of amides is 1. The Hall–Kier alpha value is -3.21. The molecule has 2 heterocycles. The molecular formula is C24H26N2O7S. The SMILES string of the molecule is CCOC(=O)c1oc2ccccc2c1NC(=O)c1ccc(S(=O)(=O)N2CC(C)OC(C)C2)cc1. The van der Waals surface area contributed by atoms with Crippen LogP contribution in [0, 0.1) is 0 Å². The number of hydrogen-bond donors (Lipinski definition) is 1. The van der Waals surface area contributed by atoms with Crippen LogP contribution in [-0.4, -0.2) is 56.5 Å². The van der Waals surface area contributed by atoms with Crippen molar-refractivity contribution in [1.29, 1.82) is 0 Å². The molecule has 3 aromatic rings. The lowest BCUT2D eigenvalue weighted by Crippen LogP contribution is -2.48. The van der Waals surface area contributed by atoms with E-state index in [1.165, 1.54) is 28.6 Å². The molecule has 1 aliphatic rings. The Bertz CT molecular complexity index is 1300. The molecular weight excluding hydrogens is 460 g/mol. The summed E-state index contributed by atoms with van der Waals surface area (Å²) in [4.78, 5) is 25.4. The van der Waals surface area contributed by atoms with Crippen molar-refractivity contribution in [1.82, 2.24) is 4.31 Å². The number of nitrogens with one attached hydrogen (secondary N) is 1. The van der Waals surface area contributed by atoms with Crippen LogP contribution in [0.5, 0.6) is 0 Å². The number of furan rings is 1. The van der Waals surface area contributed by atoms with Gasteiger partial charge in [0.2, 0.25) is 15.8 Å². The Kier molecular flexibility index (Phi) is 6.74. The fourth-order valence-electron chi connectivity index (χ4n) is 3.95. The van der Waals surface area contributed by atoms with E-state index in [4.69, 9.17) is 13.9 Å². The third kappa shape index (κ3) is 4.70. The molecule has 1 amide bonds. The molecule has 9 nitrogen and oxygen atoms in total. The van der Waals surface area contributed by atoms with Gasteiger partial charge in [-0.2, -0.15) is 4.31 Å². The van der Waals surface area contributed by atoms with Crippen LogP contribution < -0.4 is 5.32 Å². The average Bonchev–Trinajstić information content (AvgIpc) is 3.17. The van der Waals surface area contributed by atoms with Crippen molar-refractivity contribution in [3.8, 4) is 0 Å². The molecule has 1 N–H and O–H groups in total. The minimum absolute atomic E-state index is 0.0892. The van der Waals surface area contributed by atoms with Crippen LogP contribution in [0.2, 0.25) is 0 Å². The number of esters is 1. The number of carbonyl (C=O) groups excluding carboxylic acids is 2. The number of para-hydroxylation sites is 1. The van der Waals surface area contributed by atoms with Gasteiger partial charge in [-0.25, -0.2) is 13.2 Å². The highest BCUT2D eigenvalue weighted by molar-refractivity contribution is 7.89. The number of anilines is 1. The van der Waals surface area contributed by atoms with Gasteiger partial charge in [0.15, 0.2) is 0 Å². The lowest BCUT2D eigenvalue weighted by Gasteiger charge is -2.34. The first kappa shape index (κ1) is 23.9. The number of sulfonamides is 1. The van der Waals surface area contributed by atoms with Gasteiger partial charge < -0.3 is 19.2 Å². The zero-order valence-electron chi connectivity index (χ0n) is 19.1. The van der Waals surface area contributed by atoms with Crippen LogP contribution in [0.3, 0.4) is 0 Å². The summed E-state index contributed by atoms with van der Waals surface area (Å²) in [5.74, 6) is -1.31. The van der Waals surface area contributed by atoms with Gasteiger partial charge in [0, 0.05) is 24.0 Å². The monoisotopic (exact) mass is 486 g/mol. The molecule has 0 bridgehead atoms. The summed E-state index contributed by atoms with van der Waals surface area (Å²) in [5.41, 5.74) is 0.853. The standard InChI is InChI=1S/C24H26N2O7S/c1-4-31-24(28)22-21(19-7-5-6-8-20(19)33-22)25-23(27)17-9-11-18(12-10-17)34(29,30)26-13-15(2)32-16(3)14-26/h5-12,15-16H,4,13-14H2,1-3H3,(H,25,27). The van der Waals surface area contributed by atoms with Crippen molar-refractivity contribution in [3.63, 3.8) is 0 Å². The van der Waals surface area contributed by atoms with E-state index in [0.29, 0.717) is 11.0 Å². The second-order valence-corrected chi connectivity index (χ2v) is 10.0. The van der Waals surface area contributed by atoms with Gasteiger partial charge in [0.1, 0.15) is 11.3 Å². The zero-order valence-corrected chi connectivity index (χ0v) is 19.9. The van der Waals surface area contributed by atoms with Crippen molar-refractivity contribution in [3.05, 3.63) is 59.9 Å². The number of fused-ring (bicyclic) bond motifs is 1. The first-order valence-corrected chi connectivity index (χ1v) is 12.4. The van der Waals surface area contributed by atoms with E-state index >= 15 is 0 Å². The molecule has 4 rings (SSSR count). The van der Waals surface area contributed by atoms with Crippen LogP contribution in [0.25, 0.3) is 11.0 Å². The summed E-state index contributed by atoms with van der Waals surface area (Å²) in [7, 11) is -3.73. The van der Waals surface area contributed by atoms with Gasteiger partial charge in [-0.3, -0.25) is 4.79 Å². The minimum atomic E-state index is -3.73. The van der Waals surface area contributed by atoms with Crippen molar-refractivity contribution in [2.24, 2.45) is 0 Å². The highest BCUT2D eigenvalue weighted by Gasteiger charge is 2.32. The van der Waals surface area contributed by atoms with E-state index in [1.807, 2.05) is 13.8 Å². The molecule has 1 aliphatic heterocycles. The van der Waals surface area contributed by atoms with Gasteiger partial charge in [-0.1, -0.05) is 12.1 Å². The van der Waals surface area contributed by atoms with Crippen LogP contribution >= 0.6 is 0 Å². The summed E-state index contributed by atoms with van der Waals surface area (Å²) in [5, 5.41) is 3.26. The van der Waals surface area contributed by atoms with Crippen molar-refractivity contribution >= 4 is 38.6 Å². The minimum Gasteiger partial charge on any atom is -0.460 e. The molecule has 0 aliphatic carbocycles. The summed E-state index contributed by atoms with van der Waals surface area (Å²) < 4.78 is 43.8. The number of carbonyl (C=O) groups is 2. The number of morpholine rings is 1. The maximum Gasteiger partial charge on any atom is 0.376 e. The largest absolute Gasteiger partial charge is 0.460 e. The quantitative estimate of drug-likeness (QED) is 0.529. The molecule has 2 atom stereocenters. The number of ether oxygens (including phenoxy) is 2. The maximum atomic E-state index is 13.0. The second-order valence-electron chi connectivity index (χ2n) is 8.08. The number of benzene rings is 2. The molecule has 1 aromatic heterocycles. The van der Waals surface area contributed by atoms with E-state index in [0.717, 1.165) is 0 Å². The van der Waals surface area contributed by atoms with E-state index < -0.39 is 21.9 Å². The Morgan fingerprint density at radius 2 is 1.71 bits per heavy atom. The fourth-order valence-corrected chi connectivity index (χ4v) is 5.54. The van der Waals surface area contributed by atoms with Gasteiger partial charge >= 0.3 is 5.97 Å². The number of nitrogens with zero attached hydrogens (tertiary/aromatic N) is 1. The molecule has 2 unspecified atom stereocenters. The molecule has 0 radical (unpaired) electrons. The lowest BCUT2D eigenvalue weighted by atomic mass is 10.2. The van der Waals surface area contributed by atoms with E-state index in [-0.39, 0.29) is 53.8 Å². The molecule has 10 heteroatoms. The summed E-state index contributed by atoms with van der Waals surface area (Å²) in [6.07, 6.45) is -0.413. The lowest BCUT2D eigenvalue weighted by molar-refractivity contribution is -0.0440. The van der Waals surface area contributed by atoms with Crippen LogP contribution in [0.15, 0.2) is 57.8 Å².